The van der Waals surface area contributed by atoms with Gasteiger partial charge in [-0.2, -0.15) is 0 Å². The molecule has 2 heteroatoms. The van der Waals surface area contributed by atoms with Crippen molar-refractivity contribution in [2.75, 3.05) is 0 Å². The second-order valence-electron chi connectivity index (χ2n) is 13.7. The molecule has 0 atom stereocenters. The van der Waals surface area contributed by atoms with Crippen LogP contribution in [0.4, 0.5) is 0 Å². The Labute approximate surface area is 301 Å². The van der Waals surface area contributed by atoms with E-state index in [1.807, 2.05) is 0 Å². The minimum absolute atomic E-state index is 1.16. The molecule has 0 amide bonds. The average Bonchev–Trinajstić information content (AvgIpc) is 3.73. The van der Waals surface area contributed by atoms with Crippen LogP contribution < -0.4 is 0 Å². The average molecular weight is 661 g/mol. The van der Waals surface area contributed by atoms with Crippen molar-refractivity contribution in [2.45, 2.75) is 0 Å². The highest BCUT2D eigenvalue weighted by Gasteiger charge is 2.17. The standard InChI is InChI=1S/C50H32N2/c1-3-14-37(15-4-1)51-47-22-12-11-21-42(47)44-29-33(23-26-48(44)51)34-24-27-49-45(30-34)46-32-36(25-28-50(46)52(49)38-16-5-2-6-17-38)43-31-35-13-7-8-18-39(35)40-19-9-10-20-41(40)43/h1-32H. The minimum Gasteiger partial charge on any atom is -0.309 e. The molecule has 9 aromatic carbocycles. The lowest BCUT2D eigenvalue weighted by molar-refractivity contribution is 1.18. The molecule has 11 rings (SSSR count). The molecule has 0 N–H and O–H groups in total. The Morgan fingerprint density at radius 2 is 0.673 bits per heavy atom. The van der Waals surface area contributed by atoms with E-state index in [0.29, 0.717) is 0 Å². The van der Waals surface area contributed by atoms with Gasteiger partial charge in [-0.05, 0) is 117 Å². The van der Waals surface area contributed by atoms with Gasteiger partial charge in [0, 0.05) is 32.9 Å². The van der Waals surface area contributed by atoms with Crippen molar-refractivity contribution in [1.29, 1.82) is 0 Å². The van der Waals surface area contributed by atoms with E-state index in [-0.39, 0.29) is 0 Å². The summed E-state index contributed by atoms with van der Waals surface area (Å²) in [5, 5.41) is 10.1. The first-order valence-corrected chi connectivity index (χ1v) is 17.9. The number of rotatable bonds is 4. The maximum Gasteiger partial charge on any atom is 0.0541 e. The second-order valence-corrected chi connectivity index (χ2v) is 13.7. The van der Waals surface area contributed by atoms with Gasteiger partial charge in [-0.1, -0.05) is 121 Å². The summed E-state index contributed by atoms with van der Waals surface area (Å²) >= 11 is 0. The van der Waals surface area contributed by atoms with Crippen LogP contribution in [0.5, 0.6) is 0 Å². The van der Waals surface area contributed by atoms with Crippen LogP contribution in [0, 0.1) is 0 Å². The molecule has 0 saturated heterocycles. The van der Waals surface area contributed by atoms with Gasteiger partial charge in [0.2, 0.25) is 0 Å². The van der Waals surface area contributed by atoms with Crippen molar-refractivity contribution in [3.63, 3.8) is 0 Å². The predicted octanol–water partition coefficient (Wildman–Crippen LogP) is 13.5. The van der Waals surface area contributed by atoms with Gasteiger partial charge in [-0.15, -0.1) is 0 Å². The minimum atomic E-state index is 1.16. The van der Waals surface area contributed by atoms with Crippen molar-refractivity contribution in [3.8, 4) is 33.6 Å². The molecule has 2 aromatic heterocycles. The second kappa shape index (κ2) is 11.3. The van der Waals surface area contributed by atoms with Gasteiger partial charge in [0.15, 0.2) is 0 Å². The molecule has 2 nitrogen and oxygen atoms in total. The summed E-state index contributed by atoms with van der Waals surface area (Å²) in [5.41, 5.74) is 12.1. The molecule has 0 fully saturated rings. The topological polar surface area (TPSA) is 9.86 Å². The van der Waals surface area contributed by atoms with E-state index >= 15 is 0 Å². The van der Waals surface area contributed by atoms with Crippen molar-refractivity contribution in [2.24, 2.45) is 0 Å². The quantitative estimate of drug-likeness (QED) is 0.166. The van der Waals surface area contributed by atoms with Crippen LogP contribution in [0.1, 0.15) is 0 Å². The number of para-hydroxylation sites is 3. The number of hydrogen-bond donors (Lipinski definition) is 0. The van der Waals surface area contributed by atoms with Crippen LogP contribution in [0.25, 0.3) is 98.8 Å². The van der Waals surface area contributed by atoms with Crippen LogP contribution in [-0.4, -0.2) is 9.13 Å². The Bertz CT molecular complexity index is 3160. The van der Waals surface area contributed by atoms with Crippen LogP contribution in [-0.2, 0) is 0 Å². The molecule has 0 spiro atoms. The Morgan fingerprint density at radius 1 is 0.250 bits per heavy atom. The van der Waals surface area contributed by atoms with Gasteiger partial charge >= 0.3 is 0 Å². The van der Waals surface area contributed by atoms with Crippen LogP contribution in [0.15, 0.2) is 194 Å². The number of hydrogen-bond acceptors (Lipinski definition) is 0. The van der Waals surface area contributed by atoms with Gasteiger partial charge in [0.05, 0.1) is 22.1 Å². The highest BCUT2D eigenvalue weighted by molar-refractivity contribution is 6.16. The lowest BCUT2D eigenvalue weighted by Crippen LogP contribution is -1.93. The first-order chi connectivity index (χ1) is 25.8. The number of fused-ring (bicyclic) bond motifs is 9. The van der Waals surface area contributed by atoms with E-state index in [2.05, 4.69) is 203 Å². The zero-order valence-corrected chi connectivity index (χ0v) is 28.4. The van der Waals surface area contributed by atoms with E-state index in [1.54, 1.807) is 0 Å². The molecule has 0 aliphatic carbocycles. The van der Waals surface area contributed by atoms with Crippen molar-refractivity contribution in [1.82, 2.24) is 9.13 Å². The fraction of sp³-hybridized carbons (Fsp3) is 0. The normalized spacial score (nSPS) is 11.8. The lowest BCUT2D eigenvalue weighted by atomic mass is 9.92. The van der Waals surface area contributed by atoms with Gasteiger partial charge in [0.25, 0.3) is 0 Å². The molecule has 0 bridgehead atoms. The molecule has 0 aliphatic rings. The summed E-state index contributed by atoms with van der Waals surface area (Å²) in [6, 6.07) is 71.0. The summed E-state index contributed by atoms with van der Waals surface area (Å²) in [6.45, 7) is 0. The molecular weight excluding hydrogens is 629 g/mol. The summed E-state index contributed by atoms with van der Waals surface area (Å²) in [4.78, 5) is 0. The lowest BCUT2D eigenvalue weighted by Gasteiger charge is -2.12. The number of aromatic nitrogens is 2. The van der Waals surface area contributed by atoms with E-state index in [1.165, 1.54) is 93.1 Å². The van der Waals surface area contributed by atoms with Crippen molar-refractivity contribution < 1.29 is 0 Å². The fourth-order valence-corrected chi connectivity index (χ4v) is 8.53. The first-order valence-electron chi connectivity index (χ1n) is 17.9. The zero-order chi connectivity index (χ0) is 34.2. The van der Waals surface area contributed by atoms with Crippen molar-refractivity contribution in [3.05, 3.63) is 194 Å². The summed E-state index contributed by atoms with van der Waals surface area (Å²) < 4.78 is 4.79. The summed E-state index contributed by atoms with van der Waals surface area (Å²) in [7, 11) is 0. The Balaban J connectivity index is 1.15. The highest BCUT2D eigenvalue weighted by Crippen LogP contribution is 2.41. The third-order valence-electron chi connectivity index (χ3n) is 10.9. The van der Waals surface area contributed by atoms with Crippen LogP contribution in [0.2, 0.25) is 0 Å². The maximum absolute atomic E-state index is 2.41. The number of benzene rings is 9. The van der Waals surface area contributed by atoms with Gasteiger partial charge in [0.1, 0.15) is 0 Å². The van der Waals surface area contributed by atoms with Gasteiger partial charge in [-0.3, -0.25) is 0 Å². The van der Waals surface area contributed by atoms with Gasteiger partial charge < -0.3 is 9.13 Å². The molecule has 0 saturated carbocycles. The molecule has 52 heavy (non-hydrogen) atoms. The van der Waals surface area contributed by atoms with Crippen LogP contribution in [0.3, 0.4) is 0 Å². The highest BCUT2D eigenvalue weighted by atomic mass is 15.0. The first kappa shape index (κ1) is 28.9. The molecule has 0 aliphatic heterocycles. The molecule has 0 radical (unpaired) electrons. The predicted molar refractivity (Wildman–Crippen MR) is 221 cm³/mol. The Morgan fingerprint density at radius 3 is 1.29 bits per heavy atom. The molecule has 242 valence electrons. The largest absolute Gasteiger partial charge is 0.309 e. The third-order valence-corrected chi connectivity index (χ3v) is 10.9. The smallest absolute Gasteiger partial charge is 0.0541 e. The van der Waals surface area contributed by atoms with Gasteiger partial charge in [-0.25, -0.2) is 0 Å². The Kier molecular flexibility index (Phi) is 6.28. The fourth-order valence-electron chi connectivity index (χ4n) is 8.53. The monoisotopic (exact) mass is 660 g/mol. The zero-order valence-electron chi connectivity index (χ0n) is 28.4. The van der Waals surface area contributed by atoms with E-state index < -0.39 is 0 Å². The molecular formula is C50H32N2. The third kappa shape index (κ3) is 4.31. The van der Waals surface area contributed by atoms with E-state index in [4.69, 9.17) is 0 Å². The molecule has 2 heterocycles. The van der Waals surface area contributed by atoms with E-state index in [9.17, 15) is 0 Å². The summed E-state index contributed by atoms with van der Waals surface area (Å²) in [6.07, 6.45) is 0. The van der Waals surface area contributed by atoms with Crippen LogP contribution >= 0.6 is 0 Å². The number of nitrogens with zero attached hydrogens (tertiary/aromatic N) is 2. The van der Waals surface area contributed by atoms with Crippen molar-refractivity contribution >= 4 is 65.2 Å². The molecule has 11 aromatic rings. The van der Waals surface area contributed by atoms with E-state index in [0.717, 1.165) is 5.69 Å². The molecule has 0 unspecified atom stereocenters. The SMILES string of the molecule is c1ccc(-n2c3ccccc3c3cc(-c4ccc5c(c4)c4cc(-c6cc7ccccc7c7ccccc67)ccc4n5-c4ccccc4)ccc32)cc1. The maximum atomic E-state index is 2.41. The summed E-state index contributed by atoms with van der Waals surface area (Å²) in [5.74, 6) is 0. The Hall–Kier alpha value is -6.90.